The van der Waals surface area contributed by atoms with Crippen molar-refractivity contribution >= 4 is 17.2 Å². The Morgan fingerprint density at radius 2 is 2.13 bits per heavy atom. The summed E-state index contributed by atoms with van der Waals surface area (Å²) in [4.78, 5) is 12.7. The number of aryl methyl sites for hydroxylation is 1. The summed E-state index contributed by atoms with van der Waals surface area (Å²) in [5.74, 6) is 0.190. The van der Waals surface area contributed by atoms with Crippen LogP contribution in [0.5, 0.6) is 0 Å². The molecule has 0 fully saturated rings. The summed E-state index contributed by atoms with van der Waals surface area (Å²) in [6.07, 6.45) is 6.78. The first kappa shape index (κ1) is 15.1. The quantitative estimate of drug-likeness (QED) is 0.802. The molecule has 0 aliphatic heterocycles. The highest BCUT2D eigenvalue weighted by Crippen LogP contribution is 2.25. The molecule has 3 aromatic heterocycles. The van der Waals surface area contributed by atoms with Crippen molar-refractivity contribution in [2.45, 2.75) is 26.8 Å². The molecule has 0 aromatic carbocycles. The van der Waals surface area contributed by atoms with E-state index in [4.69, 9.17) is 0 Å². The van der Waals surface area contributed by atoms with Crippen LogP contribution >= 0.6 is 0 Å². The fourth-order valence-corrected chi connectivity index (χ4v) is 2.40. The molecule has 3 heterocycles. The lowest BCUT2D eigenvalue weighted by atomic mass is 10.0. The third-order valence-electron chi connectivity index (χ3n) is 3.51. The van der Waals surface area contributed by atoms with E-state index >= 15 is 0 Å². The van der Waals surface area contributed by atoms with E-state index in [9.17, 15) is 4.39 Å². The van der Waals surface area contributed by atoms with E-state index < -0.39 is 0 Å². The van der Waals surface area contributed by atoms with Crippen LogP contribution in [-0.2, 0) is 0 Å². The number of rotatable bonds is 4. The van der Waals surface area contributed by atoms with E-state index in [0.29, 0.717) is 22.7 Å². The van der Waals surface area contributed by atoms with E-state index in [2.05, 4.69) is 26.8 Å². The Morgan fingerprint density at radius 1 is 1.35 bits per heavy atom. The number of nitrogens with zero attached hydrogens (tertiary/aromatic N) is 4. The van der Waals surface area contributed by atoms with Crippen LogP contribution < -0.4 is 5.32 Å². The van der Waals surface area contributed by atoms with Gasteiger partial charge in [-0.05, 0) is 32.4 Å². The summed E-state index contributed by atoms with van der Waals surface area (Å²) in [5, 5.41) is 3.16. The molecule has 23 heavy (non-hydrogen) atoms. The van der Waals surface area contributed by atoms with E-state index in [1.807, 2.05) is 20.8 Å². The van der Waals surface area contributed by atoms with Crippen LogP contribution in [0.4, 0.5) is 10.3 Å². The number of anilines is 1. The first-order valence-electron chi connectivity index (χ1n) is 7.37. The summed E-state index contributed by atoms with van der Waals surface area (Å²) in [7, 11) is 0. The van der Waals surface area contributed by atoms with Crippen molar-refractivity contribution in [3.8, 4) is 0 Å². The number of halogens is 1. The van der Waals surface area contributed by atoms with Gasteiger partial charge in [0.25, 0.3) is 0 Å². The molecular formula is C17H18FN5. The fraction of sp³-hybridized carbons (Fsp3) is 0.235. The van der Waals surface area contributed by atoms with Gasteiger partial charge in [-0.3, -0.25) is 0 Å². The maximum atomic E-state index is 14.1. The van der Waals surface area contributed by atoms with Crippen LogP contribution in [0, 0.1) is 12.7 Å². The maximum absolute atomic E-state index is 14.1. The Labute approximate surface area is 133 Å². The van der Waals surface area contributed by atoms with Gasteiger partial charge in [0.2, 0.25) is 5.95 Å². The lowest BCUT2D eigenvalue weighted by Gasteiger charge is -2.13. The first-order chi connectivity index (χ1) is 11.0. The molecule has 0 aliphatic carbocycles. The molecule has 0 unspecified atom stereocenters. The number of imidazole rings is 1. The van der Waals surface area contributed by atoms with Gasteiger partial charge in [0, 0.05) is 42.0 Å². The number of hydrogen-bond acceptors (Lipinski definition) is 4. The van der Waals surface area contributed by atoms with Gasteiger partial charge < -0.3 is 9.72 Å². The third-order valence-corrected chi connectivity index (χ3v) is 3.51. The Balaban J connectivity index is 1.98. The van der Waals surface area contributed by atoms with Gasteiger partial charge in [-0.1, -0.05) is 6.58 Å². The predicted molar refractivity (Wildman–Crippen MR) is 88.8 cm³/mol. The first-order valence-corrected chi connectivity index (χ1v) is 7.37. The number of nitrogens with one attached hydrogen (secondary N) is 1. The lowest BCUT2D eigenvalue weighted by molar-refractivity contribution is 0.629. The number of aromatic nitrogens is 4. The topological polar surface area (TPSA) is 55.1 Å². The molecule has 5 nitrogen and oxygen atoms in total. The van der Waals surface area contributed by atoms with Crippen LogP contribution in [0.1, 0.15) is 30.7 Å². The summed E-state index contributed by atoms with van der Waals surface area (Å²) in [5.41, 5.74) is 3.22. The molecule has 3 rings (SSSR count). The van der Waals surface area contributed by atoms with Gasteiger partial charge in [-0.2, -0.15) is 0 Å². The van der Waals surface area contributed by atoms with Crippen molar-refractivity contribution in [2.75, 3.05) is 5.32 Å². The van der Waals surface area contributed by atoms with Gasteiger partial charge >= 0.3 is 0 Å². The van der Waals surface area contributed by atoms with Crippen molar-refractivity contribution in [2.24, 2.45) is 0 Å². The maximum Gasteiger partial charge on any atom is 0.223 e. The SMILES string of the molecule is C=C(c1cc(F)c2nccn2c1)c1cnc(NC(C)C)nc1C. The molecule has 118 valence electrons. The highest BCUT2D eigenvalue weighted by molar-refractivity contribution is 5.79. The fourth-order valence-electron chi connectivity index (χ4n) is 2.40. The highest BCUT2D eigenvalue weighted by atomic mass is 19.1. The van der Waals surface area contributed by atoms with Gasteiger partial charge in [0.1, 0.15) is 0 Å². The monoisotopic (exact) mass is 311 g/mol. The van der Waals surface area contributed by atoms with Crippen molar-refractivity contribution in [3.05, 3.63) is 60.1 Å². The second-order valence-electron chi connectivity index (χ2n) is 5.71. The average Bonchev–Trinajstić information content (AvgIpc) is 2.95. The smallest absolute Gasteiger partial charge is 0.223 e. The van der Waals surface area contributed by atoms with Crippen LogP contribution in [0.2, 0.25) is 0 Å². The van der Waals surface area contributed by atoms with Crippen molar-refractivity contribution < 1.29 is 4.39 Å². The van der Waals surface area contributed by atoms with Crippen LogP contribution in [0.15, 0.2) is 37.4 Å². The second-order valence-corrected chi connectivity index (χ2v) is 5.71. The summed E-state index contributed by atoms with van der Waals surface area (Å²) < 4.78 is 15.7. The zero-order valence-electron chi connectivity index (χ0n) is 13.3. The van der Waals surface area contributed by atoms with Crippen molar-refractivity contribution in [3.63, 3.8) is 0 Å². The number of fused-ring (bicyclic) bond motifs is 1. The summed E-state index contributed by atoms with van der Waals surface area (Å²) in [6, 6.07) is 1.69. The predicted octanol–water partition coefficient (Wildman–Crippen LogP) is 3.45. The molecular weight excluding hydrogens is 293 g/mol. The van der Waals surface area contributed by atoms with E-state index in [1.54, 1.807) is 29.2 Å². The van der Waals surface area contributed by atoms with Crippen LogP contribution in [-0.4, -0.2) is 25.4 Å². The van der Waals surface area contributed by atoms with E-state index in [0.717, 1.165) is 11.3 Å². The molecule has 0 saturated heterocycles. The zero-order valence-corrected chi connectivity index (χ0v) is 13.3. The Morgan fingerprint density at radius 3 is 2.83 bits per heavy atom. The van der Waals surface area contributed by atoms with Gasteiger partial charge in [-0.15, -0.1) is 0 Å². The molecule has 0 amide bonds. The zero-order chi connectivity index (χ0) is 16.6. The Bertz CT molecular complexity index is 882. The molecule has 0 aliphatic rings. The van der Waals surface area contributed by atoms with Crippen molar-refractivity contribution in [1.82, 2.24) is 19.4 Å². The lowest BCUT2D eigenvalue weighted by Crippen LogP contribution is -2.13. The third kappa shape index (κ3) is 2.92. The Kier molecular flexibility index (Phi) is 3.82. The summed E-state index contributed by atoms with van der Waals surface area (Å²) in [6.45, 7) is 10.0. The van der Waals surface area contributed by atoms with Gasteiger partial charge in [0.05, 0.1) is 5.69 Å². The molecule has 0 atom stereocenters. The minimum atomic E-state index is -0.384. The Hall–Kier alpha value is -2.76. The minimum Gasteiger partial charge on any atom is -0.352 e. The van der Waals surface area contributed by atoms with Gasteiger partial charge in [-0.25, -0.2) is 19.3 Å². The second kappa shape index (κ2) is 5.79. The molecule has 0 bridgehead atoms. The van der Waals surface area contributed by atoms with E-state index in [-0.39, 0.29) is 11.9 Å². The molecule has 0 saturated carbocycles. The number of pyridine rings is 1. The minimum absolute atomic E-state index is 0.251. The van der Waals surface area contributed by atoms with Crippen LogP contribution in [0.25, 0.3) is 11.2 Å². The average molecular weight is 311 g/mol. The molecule has 0 radical (unpaired) electrons. The van der Waals surface area contributed by atoms with Gasteiger partial charge in [0.15, 0.2) is 11.5 Å². The molecule has 3 aromatic rings. The molecule has 0 spiro atoms. The molecule has 6 heteroatoms. The standard InChI is InChI=1S/C17H18FN5/c1-10(2)21-17-20-8-14(12(4)22-17)11(3)13-7-15(18)16-19-5-6-23(16)9-13/h5-10H,3H2,1-2,4H3,(H,20,21,22). The van der Waals surface area contributed by atoms with E-state index in [1.165, 1.54) is 6.07 Å². The van der Waals surface area contributed by atoms with Crippen molar-refractivity contribution in [1.29, 1.82) is 0 Å². The summed E-state index contributed by atoms with van der Waals surface area (Å²) >= 11 is 0. The highest BCUT2D eigenvalue weighted by Gasteiger charge is 2.12. The number of hydrogen-bond donors (Lipinski definition) is 1. The largest absolute Gasteiger partial charge is 0.352 e. The molecule has 1 N–H and O–H groups in total. The van der Waals surface area contributed by atoms with Crippen LogP contribution in [0.3, 0.4) is 0 Å². The normalized spacial score (nSPS) is 11.2.